The van der Waals surface area contributed by atoms with Crippen LogP contribution in [0.5, 0.6) is 0 Å². The number of hydrogen-bond acceptors (Lipinski definition) is 1. The number of aromatic amines is 1. The van der Waals surface area contributed by atoms with E-state index in [1.165, 1.54) is 18.2 Å². The van der Waals surface area contributed by atoms with Crippen molar-refractivity contribution in [1.29, 1.82) is 0 Å². The molecule has 5 rings (SSSR count). The first-order valence-electron chi connectivity index (χ1n) is 10.1. The molecule has 1 aliphatic carbocycles. The zero-order chi connectivity index (χ0) is 20.1. The molecule has 29 heavy (non-hydrogen) atoms. The topological polar surface area (TPSA) is 36.1 Å². The van der Waals surface area contributed by atoms with Gasteiger partial charge in [-0.2, -0.15) is 0 Å². The minimum atomic E-state index is -0.654. The predicted octanol–water partition coefficient (Wildman–Crippen LogP) is 5.37. The van der Waals surface area contributed by atoms with Crippen molar-refractivity contribution in [1.82, 2.24) is 9.88 Å². The monoisotopic (exact) mass is 398 g/mol. The molecule has 1 aliphatic heterocycles. The van der Waals surface area contributed by atoms with Crippen LogP contribution >= 0.6 is 0 Å². The average molecular weight is 398 g/mol. The molecular weight excluding hydrogens is 377 g/mol. The third kappa shape index (κ3) is 3.11. The lowest BCUT2D eigenvalue weighted by molar-refractivity contribution is -0.137. The molecule has 1 N–H and O–H groups in total. The Labute approximate surface area is 166 Å². The molecule has 1 saturated carbocycles. The van der Waals surface area contributed by atoms with Crippen LogP contribution in [0.1, 0.15) is 37.2 Å². The zero-order valence-electron chi connectivity index (χ0n) is 15.9. The van der Waals surface area contributed by atoms with E-state index in [2.05, 4.69) is 4.98 Å². The Bertz CT molecular complexity index is 1080. The SMILES string of the molecule is O=C(C1CC(c2c(-c3ccc(F)cc3)[nH]c3c(F)cc(F)cc23)C1)N1CCCC1. The van der Waals surface area contributed by atoms with E-state index in [1.807, 2.05) is 4.90 Å². The molecule has 2 aromatic carbocycles. The summed E-state index contributed by atoms with van der Waals surface area (Å²) in [4.78, 5) is 17.7. The fourth-order valence-corrected chi connectivity index (χ4v) is 4.76. The first-order valence-corrected chi connectivity index (χ1v) is 10.1. The number of fused-ring (bicyclic) bond motifs is 1. The van der Waals surface area contributed by atoms with Gasteiger partial charge in [0, 0.05) is 30.5 Å². The first kappa shape index (κ1) is 18.3. The Morgan fingerprint density at radius 1 is 0.966 bits per heavy atom. The largest absolute Gasteiger partial charge is 0.352 e. The molecule has 3 nitrogen and oxygen atoms in total. The van der Waals surface area contributed by atoms with Gasteiger partial charge in [0.15, 0.2) is 0 Å². The molecule has 0 spiro atoms. The number of H-pyrrole nitrogens is 1. The lowest BCUT2D eigenvalue weighted by atomic mass is 9.69. The molecule has 2 heterocycles. The smallest absolute Gasteiger partial charge is 0.225 e. The van der Waals surface area contributed by atoms with Crippen LogP contribution in [0.2, 0.25) is 0 Å². The summed E-state index contributed by atoms with van der Waals surface area (Å²) in [6, 6.07) is 8.15. The zero-order valence-corrected chi connectivity index (χ0v) is 15.9. The van der Waals surface area contributed by atoms with E-state index < -0.39 is 11.6 Å². The Balaban J connectivity index is 1.53. The maximum atomic E-state index is 14.4. The number of rotatable bonds is 3. The lowest BCUT2D eigenvalue weighted by Crippen LogP contribution is -2.39. The van der Waals surface area contributed by atoms with Crippen LogP contribution in [0, 0.1) is 23.4 Å². The minimum Gasteiger partial charge on any atom is -0.352 e. The van der Waals surface area contributed by atoms with E-state index in [1.54, 1.807) is 12.1 Å². The number of halogens is 3. The molecular formula is C23H21F3N2O. The van der Waals surface area contributed by atoms with Crippen LogP contribution in [-0.4, -0.2) is 28.9 Å². The minimum absolute atomic E-state index is 0.0292. The molecule has 150 valence electrons. The number of nitrogens with zero attached hydrogens (tertiary/aromatic N) is 1. The summed E-state index contributed by atoms with van der Waals surface area (Å²) in [5.74, 6) is -1.46. The molecule has 1 aromatic heterocycles. The summed E-state index contributed by atoms with van der Waals surface area (Å²) in [6.45, 7) is 1.65. The standard InChI is InChI=1S/C23H21F3N2O/c24-16-5-3-13(4-6-16)21-20(18-11-17(25)12-19(26)22(18)27-21)14-9-15(10-14)23(29)28-7-1-2-8-28/h3-6,11-12,14-15,27H,1-2,7-10H2. The highest BCUT2D eigenvalue weighted by atomic mass is 19.1. The molecule has 3 aromatic rings. The maximum Gasteiger partial charge on any atom is 0.225 e. The summed E-state index contributed by atoms with van der Waals surface area (Å²) in [5.41, 5.74) is 2.44. The van der Waals surface area contributed by atoms with E-state index >= 15 is 0 Å². The summed E-state index contributed by atoms with van der Waals surface area (Å²) < 4.78 is 41.8. The van der Waals surface area contributed by atoms with Gasteiger partial charge in [-0.3, -0.25) is 4.79 Å². The van der Waals surface area contributed by atoms with Gasteiger partial charge in [0.1, 0.15) is 17.5 Å². The Morgan fingerprint density at radius 2 is 1.66 bits per heavy atom. The van der Waals surface area contributed by atoms with Crippen molar-refractivity contribution >= 4 is 16.8 Å². The first-order chi connectivity index (χ1) is 14.0. The molecule has 1 saturated heterocycles. The van der Waals surface area contributed by atoms with Crippen LogP contribution in [0.25, 0.3) is 22.2 Å². The van der Waals surface area contributed by atoms with Crippen molar-refractivity contribution in [3.05, 3.63) is 59.4 Å². The third-order valence-corrected chi connectivity index (χ3v) is 6.31. The number of benzene rings is 2. The molecule has 0 bridgehead atoms. The summed E-state index contributed by atoms with van der Waals surface area (Å²) in [5, 5.41) is 0.499. The highest BCUT2D eigenvalue weighted by molar-refractivity contribution is 5.92. The molecule has 0 atom stereocenters. The van der Waals surface area contributed by atoms with E-state index in [0.717, 1.165) is 37.6 Å². The van der Waals surface area contributed by atoms with Crippen LogP contribution in [0.3, 0.4) is 0 Å². The summed E-state index contributed by atoms with van der Waals surface area (Å²) >= 11 is 0. The van der Waals surface area contributed by atoms with Gasteiger partial charge in [0.2, 0.25) is 5.91 Å². The fourth-order valence-electron chi connectivity index (χ4n) is 4.76. The van der Waals surface area contributed by atoms with Gasteiger partial charge < -0.3 is 9.88 Å². The van der Waals surface area contributed by atoms with Gasteiger partial charge in [-0.1, -0.05) is 0 Å². The van der Waals surface area contributed by atoms with E-state index in [-0.39, 0.29) is 29.1 Å². The molecule has 0 unspecified atom stereocenters. The van der Waals surface area contributed by atoms with Crippen LogP contribution < -0.4 is 0 Å². The normalized spacial score (nSPS) is 21.6. The number of aromatic nitrogens is 1. The lowest BCUT2D eigenvalue weighted by Gasteiger charge is -2.37. The summed E-state index contributed by atoms with van der Waals surface area (Å²) in [7, 11) is 0. The number of hydrogen-bond donors (Lipinski definition) is 1. The second-order valence-corrected chi connectivity index (χ2v) is 8.13. The molecule has 1 amide bonds. The van der Waals surface area contributed by atoms with Crippen molar-refractivity contribution < 1.29 is 18.0 Å². The molecule has 2 fully saturated rings. The summed E-state index contributed by atoms with van der Waals surface area (Å²) in [6.07, 6.45) is 3.43. The highest BCUT2D eigenvalue weighted by Crippen LogP contribution is 2.49. The Kier molecular flexibility index (Phi) is 4.37. The quantitative estimate of drug-likeness (QED) is 0.633. The number of nitrogens with one attached hydrogen (secondary N) is 1. The number of amides is 1. The number of carbonyl (C=O) groups is 1. The molecule has 6 heteroatoms. The number of carbonyl (C=O) groups excluding carboxylic acids is 1. The van der Waals surface area contributed by atoms with Crippen molar-refractivity contribution in [3.8, 4) is 11.3 Å². The van der Waals surface area contributed by atoms with E-state index in [0.29, 0.717) is 29.5 Å². The number of likely N-dealkylation sites (tertiary alicyclic amines) is 1. The predicted molar refractivity (Wildman–Crippen MR) is 105 cm³/mol. The maximum absolute atomic E-state index is 14.4. The van der Waals surface area contributed by atoms with Gasteiger partial charge in [-0.15, -0.1) is 0 Å². The third-order valence-electron chi connectivity index (χ3n) is 6.31. The fraction of sp³-hybridized carbons (Fsp3) is 0.348. The average Bonchev–Trinajstić information content (AvgIpc) is 3.30. The van der Waals surface area contributed by atoms with Crippen LogP contribution in [0.4, 0.5) is 13.2 Å². The van der Waals surface area contributed by atoms with Gasteiger partial charge in [-0.25, -0.2) is 13.2 Å². The van der Waals surface area contributed by atoms with Crippen LogP contribution in [0.15, 0.2) is 36.4 Å². The van der Waals surface area contributed by atoms with Gasteiger partial charge in [0.05, 0.1) is 11.2 Å². The molecule has 2 aliphatic rings. The van der Waals surface area contributed by atoms with Crippen molar-refractivity contribution in [3.63, 3.8) is 0 Å². The molecule has 0 radical (unpaired) electrons. The van der Waals surface area contributed by atoms with Gasteiger partial charge >= 0.3 is 0 Å². The van der Waals surface area contributed by atoms with Crippen molar-refractivity contribution in [2.75, 3.05) is 13.1 Å². The van der Waals surface area contributed by atoms with E-state index in [4.69, 9.17) is 0 Å². The highest BCUT2D eigenvalue weighted by Gasteiger charge is 2.40. The Morgan fingerprint density at radius 3 is 2.34 bits per heavy atom. The van der Waals surface area contributed by atoms with E-state index in [9.17, 15) is 18.0 Å². The van der Waals surface area contributed by atoms with Crippen molar-refractivity contribution in [2.45, 2.75) is 31.6 Å². The van der Waals surface area contributed by atoms with Crippen molar-refractivity contribution in [2.24, 2.45) is 5.92 Å². The Hall–Kier alpha value is -2.76. The second-order valence-electron chi connectivity index (χ2n) is 8.13. The van der Waals surface area contributed by atoms with Crippen LogP contribution in [-0.2, 0) is 4.79 Å². The second kappa shape index (κ2) is 6.94. The van der Waals surface area contributed by atoms with Gasteiger partial charge in [0.25, 0.3) is 0 Å². The van der Waals surface area contributed by atoms with Gasteiger partial charge in [-0.05, 0) is 73.1 Å².